The maximum absolute atomic E-state index is 13.9. The molecule has 192 valence electrons. The molecule has 0 spiro atoms. The van der Waals surface area contributed by atoms with Gasteiger partial charge in [-0.1, -0.05) is 35.9 Å². The zero-order chi connectivity index (χ0) is 26.0. The second-order valence-electron chi connectivity index (χ2n) is 8.81. The van der Waals surface area contributed by atoms with Gasteiger partial charge in [-0.15, -0.1) is 0 Å². The number of rotatable bonds is 7. The topological polar surface area (TPSA) is 105 Å². The molecule has 1 saturated heterocycles. The fraction of sp³-hybridized carbons (Fsp3) is 0.222. The Morgan fingerprint density at radius 2 is 1.73 bits per heavy atom. The second kappa shape index (κ2) is 10.1. The van der Waals surface area contributed by atoms with Crippen molar-refractivity contribution >= 4 is 36.9 Å². The lowest BCUT2D eigenvalue weighted by molar-refractivity contribution is 0.0463. The predicted molar refractivity (Wildman–Crippen MR) is 140 cm³/mol. The molecule has 37 heavy (non-hydrogen) atoms. The van der Waals surface area contributed by atoms with Crippen molar-refractivity contribution in [3.63, 3.8) is 0 Å². The molecule has 0 amide bonds. The van der Waals surface area contributed by atoms with E-state index in [0.717, 1.165) is 22.4 Å². The molecule has 10 heteroatoms. The van der Waals surface area contributed by atoms with Crippen LogP contribution in [-0.4, -0.2) is 38.5 Å². The summed E-state index contributed by atoms with van der Waals surface area (Å²) < 4.78 is 66.9. The quantitative estimate of drug-likeness (QED) is 0.244. The van der Waals surface area contributed by atoms with Gasteiger partial charge < -0.3 is 8.92 Å². The molecular formula is C27H26N2O6S2. The molecule has 0 N–H and O–H groups in total. The van der Waals surface area contributed by atoms with E-state index in [0.29, 0.717) is 18.4 Å². The third-order valence-corrected chi connectivity index (χ3v) is 9.08. The van der Waals surface area contributed by atoms with Gasteiger partial charge in [0.25, 0.3) is 10.0 Å². The van der Waals surface area contributed by atoms with Gasteiger partial charge in [0.1, 0.15) is 10.6 Å². The number of ether oxygens (including phenoxy) is 1. The number of nitrogens with zero attached hydrogens (tertiary/aromatic N) is 2. The number of aromatic nitrogens is 2. The molecule has 8 nitrogen and oxygen atoms in total. The summed E-state index contributed by atoms with van der Waals surface area (Å²) in [6, 6.07) is 19.1. The zero-order valence-corrected chi connectivity index (χ0v) is 21.8. The molecule has 3 heterocycles. The number of benzene rings is 2. The largest absolute Gasteiger partial charge is 0.377 e. The first-order valence-electron chi connectivity index (χ1n) is 11.9. The van der Waals surface area contributed by atoms with Gasteiger partial charge >= 0.3 is 10.1 Å². The molecule has 1 atom stereocenters. The van der Waals surface area contributed by atoms with E-state index in [4.69, 9.17) is 8.92 Å². The first-order valence-corrected chi connectivity index (χ1v) is 14.7. The van der Waals surface area contributed by atoms with Crippen LogP contribution >= 0.6 is 0 Å². The Balaban J connectivity index is 1.71. The predicted octanol–water partition coefficient (Wildman–Crippen LogP) is 4.90. The van der Waals surface area contributed by atoms with Crippen molar-refractivity contribution in [1.29, 1.82) is 0 Å². The molecule has 0 radical (unpaired) electrons. The average Bonchev–Trinajstić information content (AvgIpc) is 3.30. The molecule has 1 aliphatic heterocycles. The minimum atomic E-state index is -4.29. The lowest BCUT2D eigenvalue weighted by atomic mass is 10.1. The van der Waals surface area contributed by atoms with Crippen LogP contribution in [0.15, 0.2) is 94.9 Å². The smallest absolute Gasteiger partial charge is 0.339 e. The normalized spacial score (nSPS) is 17.1. The van der Waals surface area contributed by atoms with E-state index in [2.05, 4.69) is 4.98 Å². The molecule has 0 saturated carbocycles. The molecule has 1 unspecified atom stereocenters. The second-order valence-corrected chi connectivity index (χ2v) is 12.1. The van der Waals surface area contributed by atoms with Crippen molar-refractivity contribution in [3.05, 3.63) is 96.3 Å². The minimum Gasteiger partial charge on any atom is -0.377 e. The molecule has 0 aliphatic carbocycles. The van der Waals surface area contributed by atoms with Crippen LogP contribution in [0.1, 0.15) is 30.5 Å². The minimum absolute atomic E-state index is 0.0362. The average molecular weight is 539 g/mol. The van der Waals surface area contributed by atoms with Crippen LogP contribution in [0.25, 0.3) is 16.8 Å². The Labute approximate surface area is 216 Å². The number of pyridine rings is 1. The Kier molecular flexibility index (Phi) is 6.89. The van der Waals surface area contributed by atoms with Gasteiger partial charge in [0.05, 0.1) is 11.0 Å². The SMILES string of the molecule is Cc1ccc(S(=O)(=O)OC(=CC2CCCCO2)c2cc3cccnc3n2S(=O)(=O)c2ccccc2)cc1. The lowest BCUT2D eigenvalue weighted by Gasteiger charge is -2.21. The van der Waals surface area contributed by atoms with E-state index < -0.39 is 26.2 Å². The summed E-state index contributed by atoms with van der Waals surface area (Å²) in [7, 11) is -8.46. The van der Waals surface area contributed by atoms with Gasteiger partial charge in [0, 0.05) is 18.2 Å². The fourth-order valence-corrected chi connectivity index (χ4v) is 6.65. The van der Waals surface area contributed by atoms with Crippen molar-refractivity contribution in [2.24, 2.45) is 0 Å². The van der Waals surface area contributed by atoms with E-state index in [1.165, 1.54) is 30.5 Å². The maximum atomic E-state index is 13.9. The van der Waals surface area contributed by atoms with Gasteiger partial charge in [0.15, 0.2) is 11.4 Å². The highest BCUT2D eigenvalue weighted by Crippen LogP contribution is 2.33. The van der Waals surface area contributed by atoms with Crippen molar-refractivity contribution in [3.8, 4) is 0 Å². The summed E-state index contributed by atoms with van der Waals surface area (Å²) in [5.41, 5.74) is 1.10. The standard InChI is InChI=1S/C27H26N2O6S2/c1-20-12-14-24(15-13-20)37(32,33)35-26(19-22-9-5-6-17-34-22)25-18-21-8-7-16-28-27(21)29(25)36(30,31)23-10-3-2-4-11-23/h2-4,7-8,10-16,18-19,22H,5-6,9,17H2,1H3. The van der Waals surface area contributed by atoms with E-state index in [9.17, 15) is 16.8 Å². The highest BCUT2D eigenvalue weighted by atomic mass is 32.2. The van der Waals surface area contributed by atoms with Crippen LogP contribution in [0.2, 0.25) is 0 Å². The Morgan fingerprint density at radius 3 is 2.43 bits per heavy atom. The van der Waals surface area contributed by atoms with Crippen LogP contribution < -0.4 is 0 Å². The van der Waals surface area contributed by atoms with Gasteiger partial charge in [-0.05, 0) is 74.7 Å². The number of hydrogen-bond acceptors (Lipinski definition) is 7. The fourth-order valence-electron chi connectivity index (χ4n) is 4.22. The molecule has 2 aromatic heterocycles. The van der Waals surface area contributed by atoms with Crippen molar-refractivity contribution in [1.82, 2.24) is 8.96 Å². The van der Waals surface area contributed by atoms with Gasteiger partial charge in [-0.25, -0.2) is 17.4 Å². The van der Waals surface area contributed by atoms with E-state index in [1.807, 2.05) is 6.92 Å². The third-order valence-electron chi connectivity index (χ3n) is 6.12. The Morgan fingerprint density at radius 1 is 0.973 bits per heavy atom. The van der Waals surface area contributed by atoms with E-state index in [1.54, 1.807) is 54.6 Å². The van der Waals surface area contributed by atoms with E-state index in [-0.39, 0.29) is 26.9 Å². The van der Waals surface area contributed by atoms with Crippen LogP contribution in [0.5, 0.6) is 0 Å². The van der Waals surface area contributed by atoms with E-state index >= 15 is 0 Å². The molecule has 0 bridgehead atoms. The summed E-state index contributed by atoms with van der Waals surface area (Å²) in [5, 5.41) is 0.517. The highest BCUT2D eigenvalue weighted by Gasteiger charge is 2.30. The third kappa shape index (κ3) is 5.18. The Bertz CT molecular complexity index is 1650. The van der Waals surface area contributed by atoms with Crippen molar-refractivity contribution in [2.75, 3.05) is 6.61 Å². The van der Waals surface area contributed by atoms with Crippen LogP contribution in [0, 0.1) is 6.92 Å². The molecule has 2 aromatic carbocycles. The van der Waals surface area contributed by atoms with Crippen LogP contribution in [0.4, 0.5) is 0 Å². The van der Waals surface area contributed by atoms with Crippen LogP contribution in [0.3, 0.4) is 0 Å². The number of aryl methyl sites for hydroxylation is 1. The van der Waals surface area contributed by atoms with Crippen molar-refractivity contribution < 1.29 is 25.8 Å². The van der Waals surface area contributed by atoms with Gasteiger partial charge in [0.2, 0.25) is 0 Å². The molecule has 1 fully saturated rings. The highest BCUT2D eigenvalue weighted by molar-refractivity contribution is 7.90. The van der Waals surface area contributed by atoms with Gasteiger partial charge in [-0.3, -0.25) is 0 Å². The Hall–Kier alpha value is -3.47. The lowest BCUT2D eigenvalue weighted by Crippen LogP contribution is -2.20. The molecular weight excluding hydrogens is 512 g/mol. The summed E-state index contributed by atoms with van der Waals surface area (Å²) >= 11 is 0. The zero-order valence-electron chi connectivity index (χ0n) is 20.1. The first-order chi connectivity index (χ1) is 17.8. The number of fused-ring (bicyclic) bond motifs is 1. The summed E-state index contributed by atoms with van der Waals surface area (Å²) in [5.74, 6) is -0.134. The number of hydrogen-bond donors (Lipinski definition) is 0. The summed E-state index contributed by atoms with van der Waals surface area (Å²) in [6.07, 6.45) is 5.05. The summed E-state index contributed by atoms with van der Waals surface area (Å²) in [4.78, 5) is 4.30. The first kappa shape index (κ1) is 25.2. The van der Waals surface area contributed by atoms with Crippen molar-refractivity contribution in [2.45, 2.75) is 42.1 Å². The summed E-state index contributed by atoms with van der Waals surface area (Å²) in [6.45, 7) is 2.37. The molecule has 4 aromatic rings. The van der Waals surface area contributed by atoms with Gasteiger partial charge in [-0.2, -0.15) is 8.42 Å². The maximum Gasteiger partial charge on any atom is 0.339 e. The van der Waals surface area contributed by atoms with Crippen LogP contribution in [-0.2, 0) is 29.1 Å². The molecule has 1 aliphatic rings. The molecule has 5 rings (SSSR count). The monoisotopic (exact) mass is 538 g/mol.